The Labute approximate surface area is 123 Å². The molecular weight excluding hydrogens is 295 g/mol. The second kappa shape index (κ2) is 4.72. The molecule has 2 aromatic heterocycles. The number of halogens is 3. The number of benzene rings is 1. The Balaban J connectivity index is 2.31. The van der Waals surface area contributed by atoms with Gasteiger partial charge in [-0.3, -0.25) is 9.48 Å². The van der Waals surface area contributed by atoms with E-state index in [1.807, 2.05) is 0 Å². The number of aromatic nitrogens is 3. The van der Waals surface area contributed by atoms with Crippen LogP contribution in [0.3, 0.4) is 0 Å². The first-order valence-electron chi connectivity index (χ1n) is 6.50. The van der Waals surface area contributed by atoms with Gasteiger partial charge >= 0.3 is 6.18 Å². The van der Waals surface area contributed by atoms with Gasteiger partial charge in [0.15, 0.2) is 6.29 Å². The summed E-state index contributed by atoms with van der Waals surface area (Å²) in [6.45, 7) is 1.68. The predicted octanol–water partition coefficient (Wildman–Crippen LogP) is 3.50. The highest BCUT2D eigenvalue weighted by molar-refractivity contribution is 5.87. The number of alkyl halides is 3. The SMILES string of the molecule is Cc1nn(C)c(-n2ccc3ccc(C(F)(F)F)cc32)c1C=O. The Morgan fingerprint density at radius 1 is 1.23 bits per heavy atom. The average molecular weight is 307 g/mol. The normalized spacial score (nSPS) is 12.0. The molecule has 0 aliphatic rings. The van der Waals surface area contributed by atoms with Crippen molar-refractivity contribution in [2.75, 3.05) is 0 Å². The summed E-state index contributed by atoms with van der Waals surface area (Å²) in [7, 11) is 1.65. The lowest BCUT2D eigenvalue weighted by Crippen LogP contribution is -2.07. The second-order valence-corrected chi connectivity index (χ2v) is 5.02. The molecule has 0 radical (unpaired) electrons. The molecule has 0 saturated heterocycles. The molecule has 0 aliphatic carbocycles. The third-order valence-corrected chi connectivity index (χ3v) is 3.60. The van der Waals surface area contributed by atoms with E-state index < -0.39 is 11.7 Å². The van der Waals surface area contributed by atoms with Gasteiger partial charge < -0.3 is 4.57 Å². The van der Waals surface area contributed by atoms with Crippen LogP contribution in [-0.2, 0) is 13.2 Å². The Bertz CT molecular complexity index is 874. The molecule has 0 bridgehead atoms. The van der Waals surface area contributed by atoms with Crippen molar-refractivity contribution in [3.05, 3.63) is 47.3 Å². The maximum absolute atomic E-state index is 12.9. The fraction of sp³-hybridized carbons (Fsp3) is 0.200. The number of carbonyl (C=O) groups excluding carboxylic acids is 1. The molecule has 0 atom stereocenters. The highest BCUT2D eigenvalue weighted by atomic mass is 19.4. The van der Waals surface area contributed by atoms with E-state index in [0.717, 1.165) is 12.1 Å². The highest BCUT2D eigenvalue weighted by Gasteiger charge is 2.31. The van der Waals surface area contributed by atoms with Crippen LogP contribution < -0.4 is 0 Å². The molecule has 7 heteroatoms. The molecule has 3 aromatic rings. The number of carbonyl (C=O) groups is 1. The summed E-state index contributed by atoms with van der Waals surface area (Å²) in [6, 6.07) is 5.24. The number of aldehydes is 1. The molecule has 114 valence electrons. The van der Waals surface area contributed by atoms with E-state index in [0.29, 0.717) is 34.3 Å². The first kappa shape index (κ1) is 14.4. The maximum atomic E-state index is 12.9. The quantitative estimate of drug-likeness (QED) is 0.680. The van der Waals surface area contributed by atoms with Crippen LogP contribution in [0, 0.1) is 6.92 Å². The highest BCUT2D eigenvalue weighted by Crippen LogP contribution is 2.32. The van der Waals surface area contributed by atoms with Crippen molar-refractivity contribution in [3.63, 3.8) is 0 Å². The fourth-order valence-corrected chi connectivity index (χ4v) is 2.58. The molecule has 3 rings (SSSR count). The van der Waals surface area contributed by atoms with Gasteiger partial charge in [-0.15, -0.1) is 0 Å². The van der Waals surface area contributed by atoms with Gasteiger partial charge in [-0.25, -0.2) is 0 Å². The lowest BCUT2D eigenvalue weighted by Gasteiger charge is -2.10. The molecule has 0 saturated carbocycles. The molecule has 0 N–H and O–H groups in total. The average Bonchev–Trinajstić information content (AvgIpc) is 2.97. The zero-order valence-corrected chi connectivity index (χ0v) is 11.8. The van der Waals surface area contributed by atoms with E-state index in [2.05, 4.69) is 5.10 Å². The van der Waals surface area contributed by atoms with Crippen LogP contribution in [0.4, 0.5) is 13.2 Å². The minimum absolute atomic E-state index is 0.359. The summed E-state index contributed by atoms with van der Waals surface area (Å²) < 4.78 is 41.7. The van der Waals surface area contributed by atoms with Gasteiger partial charge in [0, 0.05) is 18.6 Å². The van der Waals surface area contributed by atoms with Crippen LogP contribution in [0.2, 0.25) is 0 Å². The first-order valence-corrected chi connectivity index (χ1v) is 6.50. The van der Waals surface area contributed by atoms with Crippen molar-refractivity contribution in [1.29, 1.82) is 0 Å². The van der Waals surface area contributed by atoms with Gasteiger partial charge in [-0.1, -0.05) is 6.07 Å². The first-order chi connectivity index (χ1) is 10.3. The van der Waals surface area contributed by atoms with Crippen molar-refractivity contribution in [1.82, 2.24) is 14.3 Å². The standard InChI is InChI=1S/C15H12F3N3O/c1-9-12(8-22)14(20(2)19-9)21-6-5-10-3-4-11(7-13(10)21)15(16,17)18/h3-8H,1-2H3. The summed E-state index contributed by atoms with van der Waals surface area (Å²) >= 11 is 0. The molecule has 0 unspecified atom stereocenters. The van der Waals surface area contributed by atoms with Crippen LogP contribution in [0.15, 0.2) is 30.5 Å². The number of rotatable bonds is 2. The van der Waals surface area contributed by atoms with E-state index in [1.54, 1.807) is 30.8 Å². The van der Waals surface area contributed by atoms with E-state index in [9.17, 15) is 18.0 Å². The summed E-state index contributed by atoms with van der Waals surface area (Å²) in [5, 5.41) is 4.81. The predicted molar refractivity (Wildman–Crippen MR) is 75.2 cm³/mol. The third kappa shape index (κ3) is 2.09. The fourth-order valence-electron chi connectivity index (χ4n) is 2.58. The lowest BCUT2D eigenvalue weighted by atomic mass is 10.1. The van der Waals surface area contributed by atoms with Crippen molar-refractivity contribution in [2.45, 2.75) is 13.1 Å². The summed E-state index contributed by atoms with van der Waals surface area (Å²) in [4.78, 5) is 11.3. The number of hydrogen-bond acceptors (Lipinski definition) is 2. The Morgan fingerprint density at radius 3 is 2.59 bits per heavy atom. The second-order valence-electron chi connectivity index (χ2n) is 5.02. The molecule has 22 heavy (non-hydrogen) atoms. The van der Waals surface area contributed by atoms with Crippen LogP contribution in [0.5, 0.6) is 0 Å². The Hall–Kier alpha value is -2.57. The summed E-state index contributed by atoms with van der Waals surface area (Å²) in [5.41, 5.74) is 0.533. The largest absolute Gasteiger partial charge is 0.416 e. The zero-order chi connectivity index (χ0) is 16.1. The maximum Gasteiger partial charge on any atom is 0.416 e. The van der Waals surface area contributed by atoms with Crippen molar-refractivity contribution < 1.29 is 18.0 Å². The van der Waals surface area contributed by atoms with Gasteiger partial charge in [0.2, 0.25) is 0 Å². The minimum atomic E-state index is -4.42. The number of aryl methyl sites for hydroxylation is 2. The van der Waals surface area contributed by atoms with E-state index in [4.69, 9.17) is 0 Å². The minimum Gasteiger partial charge on any atom is -0.301 e. The van der Waals surface area contributed by atoms with Crippen LogP contribution in [-0.4, -0.2) is 20.6 Å². The monoisotopic (exact) mass is 307 g/mol. The van der Waals surface area contributed by atoms with Crippen molar-refractivity contribution in [2.24, 2.45) is 7.05 Å². The van der Waals surface area contributed by atoms with Gasteiger partial charge in [0.05, 0.1) is 22.3 Å². The summed E-state index contributed by atoms with van der Waals surface area (Å²) in [6.07, 6.45) is -2.12. The smallest absolute Gasteiger partial charge is 0.301 e. The van der Waals surface area contributed by atoms with E-state index >= 15 is 0 Å². The molecule has 1 aromatic carbocycles. The van der Waals surface area contributed by atoms with E-state index in [-0.39, 0.29) is 0 Å². The topological polar surface area (TPSA) is 39.8 Å². The Kier molecular flexibility index (Phi) is 3.09. The van der Waals surface area contributed by atoms with Crippen LogP contribution >= 0.6 is 0 Å². The molecule has 0 fully saturated rings. The zero-order valence-electron chi connectivity index (χ0n) is 11.8. The number of hydrogen-bond donors (Lipinski definition) is 0. The van der Waals surface area contributed by atoms with Gasteiger partial charge in [-0.05, 0) is 25.1 Å². The molecule has 4 nitrogen and oxygen atoms in total. The van der Waals surface area contributed by atoms with Gasteiger partial charge in [0.1, 0.15) is 5.82 Å². The molecule has 0 spiro atoms. The summed E-state index contributed by atoms with van der Waals surface area (Å²) in [5.74, 6) is 0.446. The van der Waals surface area contributed by atoms with E-state index in [1.165, 1.54) is 10.7 Å². The molecule has 0 amide bonds. The van der Waals surface area contributed by atoms with Gasteiger partial charge in [0.25, 0.3) is 0 Å². The van der Waals surface area contributed by atoms with Gasteiger partial charge in [-0.2, -0.15) is 18.3 Å². The van der Waals surface area contributed by atoms with Crippen molar-refractivity contribution >= 4 is 17.2 Å². The van der Waals surface area contributed by atoms with Crippen LogP contribution in [0.1, 0.15) is 21.6 Å². The number of fused-ring (bicyclic) bond motifs is 1. The number of nitrogens with zero attached hydrogens (tertiary/aromatic N) is 3. The lowest BCUT2D eigenvalue weighted by molar-refractivity contribution is -0.137. The molecule has 0 aliphatic heterocycles. The molecule has 2 heterocycles. The van der Waals surface area contributed by atoms with Crippen molar-refractivity contribution in [3.8, 4) is 5.82 Å². The Morgan fingerprint density at radius 2 is 1.95 bits per heavy atom. The molecular formula is C15H12F3N3O. The third-order valence-electron chi connectivity index (χ3n) is 3.60. The van der Waals surface area contributed by atoms with Crippen LogP contribution in [0.25, 0.3) is 16.7 Å².